The second kappa shape index (κ2) is 4.07. The average molecular weight is 239 g/mol. The van der Waals surface area contributed by atoms with Crippen molar-refractivity contribution in [2.24, 2.45) is 0 Å². The Balaban J connectivity index is 2.34. The first kappa shape index (κ1) is 10.7. The van der Waals surface area contributed by atoms with Crippen molar-refractivity contribution in [2.45, 2.75) is 0 Å². The monoisotopic (exact) mass is 239 g/mol. The van der Waals surface area contributed by atoms with Crippen LogP contribution in [0.5, 0.6) is 0 Å². The summed E-state index contributed by atoms with van der Waals surface area (Å²) in [5, 5.41) is 0.893. The maximum atomic E-state index is 13.3. The van der Waals surface area contributed by atoms with E-state index in [0.717, 1.165) is 10.9 Å². The Bertz CT molecular complexity index is 725. The molecule has 3 aromatic rings. The number of anilines is 1. The van der Waals surface area contributed by atoms with Crippen LogP contribution in [0.2, 0.25) is 0 Å². The number of hydrogen-bond acceptors (Lipinski definition) is 3. The zero-order chi connectivity index (χ0) is 12.5. The van der Waals surface area contributed by atoms with Gasteiger partial charge in [-0.15, -0.1) is 0 Å². The van der Waals surface area contributed by atoms with Crippen LogP contribution in [-0.4, -0.2) is 9.97 Å². The summed E-state index contributed by atoms with van der Waals surface area (Å²) in [6.45, 7) is 0. The molecule has 1 aromatic carbocycles. The van der Waals surface area contributed by atoms with Gasteiger partial charge in [0.25, 0.3) is 0 Å². The fourth-order valence-corrected chi connectivity index (χ4v) is 1.94. The van der Waals surface area contributed by atoms with Crippen molar-refractivity contribution in [1.82, 2.24) is 9.97 Å². The second-order valence-corrected chi connectivity index (χ2v) is 3.98. The molecule has 0 fully saturated rings. The van der Waals surface area contributed by atoms with Crippen LogP contribution in [0.3, 0.4) is 0 Å². The van der Waals surface area contributed by atoms with Crippen LogP contribution in [0.4, 0.5) is 10.2 Å². The van der Waals surface area contributed by atoms with Crippen molar-refractivity contribution in [3.8, 4) is 11.3 Å². The largest absolute Gasteiger partial charge is 0.384 e. The van der Waals surface area contributed by atoms with Gasteiger partial charge in [0, 0.05) is 17.1 Å². The molecule has 3 nitrogen and oxygen atoms in total. The molecule has 0 saturated heterocycles. The topological polar surface area (TPSA) is 51.8 Å². The molecule has 0 aliphatic carbocycles. The molecule has 0 radical (unpaired) electrons. The van der Waals surface area contributed by atoms with E-state index in [9.17, 15) is 4.39 Å². The standard InChI is InChI=1S/C14H10FN3/c15-11-5-1-3-9(7-11)14-13-10(4-2-6-17-13)8-12(16)18-14/h1-8H,(H2,16,18). The molecule has 88 valence electrons. The lowest BCUT2D eigenvalue weighted by atomic mass is 10.1. The highest BCUT2D eigenvalue weighted by Crippen LogP contribution is 2.26. The van der Waals surface area contributed by atoms with Crippen molar-refractivity contribution in [2.75, 3.05) is 5.73 Å². The van der Waals surface area contributed by atoms with E-state index in [4.69, 9.17) is 5.73 Å². The third kappa shape index (κ3) is 1.78. The molecule has 0 atom stereocenters. The molecule has 18 heavy (non-hydrogen) atoms. The van der Waals surface area contributed by atoms with Crippen molar-refractivity contribution >= 4 is 16.7 Å². The van der Waals surface area contributed by atoms with Crippen molar-refractivity contribution in [3.63, 3.8) is 0 Å². The summed E-state index contributed by atoms with van der Waals surface area (Å²) in [7, 11) is 0. The van der Waals surface area contributed by atoms with E-state index < -0.39 is 0 Å². The van der Waals surface area contributed by atoms with Gasteiger partial charge in [0.15, 0.2) is 0 Å². The lowest BCUT2D eigenvalue weighted by molar-refractivity contribution is 0.628. The maximum Gasteiger partial charge on any atom is 0.124 e. The van der Waals surface area contributed by atoms with Crippen LogP contribution in [0.15, 0.2) is 48.7 Å². The van der Waals surface area contributed by atoms with E-state index in [-0.39, 0.29) is 5.82 Å². The molecule has 2 heterocycles. The summed E-state index contributed by atoms with van der Waals surface area (Å²) in [5.74, 6) is 0.0931. The number of nitrogen functional groups attached to an aromatic ring is 1. The summed E-state index contributed by atoms with van der Waals surface area (Å²) in [5.41, 5.74) is 7.76. The van der Waals surface area contributed by atoms with Gasteiger partial charge in [0.1, 0.15) is 11.6 Å². The number of benzene rings is 1. The number of pyridine rings is 2. The van der Waals surface area contributed by atoms with Gasteiger partial charge in [0.2, 0.25) is 0 Å². The number of rotatable bonds is 1. The first-order valence-electron chi connectivity index (χ1n) is 5.51. The van der Waals surface area contributed by atoms with Crippen LogP contribution < -0.4 is 5.73 Å². The number of halogens is 1. The smallest absolute Gasteiger partial charge is 0.124 e. The molecule has 2 N–H and O–H groups in total. The molecule has 0 bridgehead atoms. The molecular formula is C14H10FN3. The van der Waals surface area contributed by atoms with Crippen LogP contribution in [-0.2, 0) is 0 Å². The van der Waals surface area contributed by atoms with Gasteiger partial charge >= 0.3 is 0 Å². The number of fused-ring (bicyclic) bond motifs is 1. The zero-order valence-electron chi connectivity index (χ0n) is 9.47. The van der Waals surface area contributed by atoms with E-state index in [2.05, 4.69) is 9.97 Å². The maximum absolute atomic E-state index is 13.3. The molecule has 0 saturated carbocycles. The van der Waals surface area contributed by atoms with Crippen molar-refractivity contribution < 1.29 is 4.39 Å². The molecule has 0 aliphatic rings. The normalized spacial score (nSPS) is 10.7. The molecule has 0 spiro atoms. The van der Waals surface area contributed by atoms with Gasteiger partial charge < -0.3 is 5.73 Å². The van der Waals surface area contributed by atoms with E-state index in [0.29, 0.717) is 17.1 Å². The molecule has 0 amide bonds. The molecule has 3 rings (SSSR count). The Morgan fingerprint density at radius 1 is 1.06 bits per heavy atom. The lowest BCUT2D eigenvalue weighted by Gasteiger charge is -2.06. The number of aromatic nitrogens is 2. The lowest BCUT2D eigenvalue weighted by Crippen LogP contribution is -1.95. The third-order valence-electron chi connectivity index (χ3n) is 2.71. The summed E-state index contributed by atoms with van der Waals surface area (Å²) in [6, 6.07) is 11.7. The van der Waals surface area contributed by atoms with E-state index in [1.54, 1.807) is 24.4 Å². The Labute approximate surface area is 103 Å². The molecule has 0 unspecified atom stereocenters. The minimum absolute atomic E-state index is 0.305. The summed E-state index contributed by atoms with van der Waals surface area (Å²) >= 11 is 0. The average Bonchev–Trinajstić information content (AvgIpc) is 2.37. The zero-order valence-corrected chi connectivity index (χ0v) is 9.47. The van der Waals surface area contributed by atoms with Crippen LogP contribution in [0.1, 0.15) is 0 Å². The SMILES string of the molecule is Nc1cc2cccnc2c(-c2cccc(F)c2)n1. The van der Waals surface area contributed by atoms with E-state index in [1.165, 1.54) is 12.1 Å². The summed E-state index contributed by atoms with van der Waals surface area (Å²) in [6.07, 6.45) is 1.68. The number of nitrogens with two attached hydrogens (primary N) is 1. The van der Waals surface area contributed by atoms with Crippen molar-refractivity contribution in [1.29, 1.82) is 0 Å². The summed E-state index contributed by atoms with van der Waals surface area (Å²) < 4.78 is 13.3. The van der Waals surface area contributed by atoms with Gasteiger partial charge in [-0.05, 0) is 24.3 Å². The van der Waals surface area contributed by atoms with E-state index >= 15 is 0 Å². The highest BCUT2D eigenvalue weighted by Gasteiger charge is 2.08. The highest BCUT2D eigenvalue weighted by molar-refractivity contribution is 5.92. The minimum atomic E-state index is -0.305. The Kier molecular flexibility index (Phi) is 2.41. The third-order valence-corrected chi connectivity index (χ3v) is 2.71. The predicted molar refractivity (Wildman–Crippen MR) is 69.3 cm³/mol. The number of hydrogen-bond donors (Lipinski definition) is 1. The van der Waals surface area contributed by atoms with Gasteiger partial charge in [-0.1, -0.05) is 18.2 Å². The fraction of sp³-hybridized carbons (Fsp3) is 0. The molecule has 2 aromatic heterocycles. The van der Waals surface area contributed by atoms with E-state index in [1.807, 2.05) is 12.1 Å². The van der Waals surface area contributed by atoms with Crippen LogP contribution in [0.25, 0.3) is 22.2 Å². The summed E-state index contributed by atoms with van der Waals surface area (Å²) in [4.78, 5) is 8.55. The van der Waals surface area contributed by atoms with Crippen LogP contribution >= 0.6 is 0 Å². The molecular weight excluding hydrogens is 229 g/mol. The Morgan fingerprint density at radius 2 is 1.94 bits per heavy atom. The van der Waals surface area contributed by atoms with Crippen molar-refractivity contribution in [3.05, 3.63) is 54.5 Å². The predicted octanol–water partition coefficient (Wildman–Crippen LogP) is 3.02. The van der Waals surface area contributed by atoms with Crippen LogP contribution in [0, 0.1) is 5.82 Å². The fourth-order valence-electron chi connectivity index (χ4n) is 1.94. The van der Waals surface area contributed by atoms with Gasteiger partial charge in [-0.3, -0.25) is 4.98 Å². The minimum Gasteiger partial charge on any atom is -0.384 e. The first-order valence-corrected chi connectivity index (χ1v) is 5.51. The van der Waals surface area contributed by atoms with Gasteiger partial charge in [0.05, 0.1) is 11.2 Å². The molecule has 4 heteroatoms. The van der Waals surface area contributed by atoms with Gasteiger partial charge in [-0.2, -0.15) is 0 Å². The highest BCUT2D eigenvalue weighted by atomic mass is 19.1. The van der Waals surface area contributed by atoms with Gasteiger partial charge in [-0.25, -0.2) is 9.37 Å². The quantitative estimate of drug-likeness (QED) is 0.710. The second-order valence-electron chi connectivity index (χ2n) is 3.98. The number of nitrogens with zero attached hydrogens (tertiary/aromatic N) is 2. The Hall–Kier alpha value is -2.49. The molecule has 0 aliphatic heterocycles. The Morgan fingerprint density at radius 3 is 2.78 bits per heavy atom. The first-order chi connectivity index (χ1) is 8.74.